The highest BCUT2D eigenvalue weighted by atomic mass is 32.1. The van der Waals surface area contributed by atoms with Crippen molar-refractivity contribution in [2.75, 3.05) is 23.7 Å². The molecule has 0 aliphatic heterocycles. The first-order valence-corrected chi connectivity index (χ1v) is 4.63. The third-order valence-electron chi connectivity index (χ3n) is 1.29. The SMILES string of the molecule is CCNc1nc(S)nc(NCC)n1. The third-order valence-corrected chi connectivity index (χ3v) is 1.49. The lowest BCUT2D eigenvalue weighted by Gasteiger charge is -2.05. The summed E-state index contributed by atoms with van der Waals surface area (Å²) >= 11 is 4.07. The van der Waals surface area contributed by atoms with Crippen LogP contribution in [0.4, 0.5) is 11.9 Å². The second-order valence-corrected chi connectivity index (χ2v) is 2.74. The zero-order chi connectivity index (χ0) is 9.68. The molecule has 5 nitrogen and oxygen atoms in total. The van der Waals surface area contributed by atoms with Crippen LogP contribution in [0.15, 0.2) is 5.16 Å². The lowest BCUT2D eigenvalue weighted by molar-refractivity contribution is 0.899. The van der Waals surface area contributed by atoms with Crippen molar-refractivity contribution in [2.45, 2.75) is 19.0 Å². The van der Waals surface area contributed by atoms with Gasteiger partial charge in [0.1, 0.15) is 0 Å². The van der Waals surface area contributed by atoms with E-state index in [0.29, 0.717) is 17.1 Å². The zero-order valence-corrected chi connectivity index (χ0v) is 8.60. The Morgan fingerprint density at radius 2 is 1.46 bits per heavy atom. The van der Waals surface area contributed by atoms with Crippen LogP contribution in [-0.4, -0.2) is 28.0 Å². The Morgan fingerprint density at radius 1 is 1.00 bits per heavy atom. The topological polar surface area (TPSA) is 62.7 Å². The number of hydrogen-bond donors (Lipinski definition) is 3. The van der Waals surface area contributed by atoms with Gasteiger partial charge in [-0.1, -0.05) is 0 Å². The monoisotopic (exact) mass is 199 g/mol. The van der Waals surface area contributed by atoms with Crippen LogP contribution < -0.4 is 10.6 Å². The lowest BCUT2D eigenvalue weighted by atomic mass is 10.7. The Bertz CT molecular complexity index is 253. The predicted molar refractivity (Wildman–Crippen MR) is 55.4 cm³/mol. The second-order valence-electron chi connectivity index (χ2n) is 2.34. The third kappa shape index (κ3) is 3.06. The van der Waals surface area contributed by atoms with Crippen LogP contribution in [-0.2, 0) is 0 Å². The van der Waals surface area contributed by atoms with E-state index in [-0.39, 0.29) is 0 Å². The highest BCUT2D eigenvalue weighted by Crippen LogP contribution is 2.07. The fourth-order valence-electron chi connectivity index (χ4n) is 0.839. The van der Waals surface area contributed by atoms with Gasteiger partial charge in [-0.3, -0.25) is 0 Å². The molecule has 72 valence electrons. The molecule has 13 heavy (non-hydrogen) atoms. The fraction of sp³-hybridized carbons (Fsp3) is 0.571. The number of aromatic nitrogens is 3. The van der Waals surface area contributed by atoms with Crippen molar-refractivity contribution in [2.24, 2.45) is 0 Å². The molecule has 1 aromatic heterocycles. The molecule has 0 radical (unpaired) electrons. The summed E-state index contributed by atoms with van der Waals surface area (Å²) in [7, 11) is 0. The summed E-state index contributed by atoms with van der Waals surface area (Å²) in [5.74, 6) is 1.11. The Labute approximate surface area is 82.8 Å². The molecule has 0 amide bonds. The molecule has 0 saturated carbocycles. The van der Waals surface area contributed by atoms with Gasteiger partial charge in [0.25, 0.3) is 0 Å². The minimum absolute atomic E-state index is 0.418. The first kappa shape index (κ1) is 10.0. The summed E-state index contributed by atoms with van der Waals surface area (Å²) in [5, 5.41) is 6.41. The van der Waals surface area contributed by atoms with Crippen LogP contribution in [0.25, 0.3) is 0 Å². The van der Waals surface area contributed by atoms with E-state index in [1.54, 1.807) is 0 Å². The molecular formula is C7H13N5S. The van der Waals surface area contributed by atoms with Crippen molar-refractivity contribution < 1.29 is 0 Å². The number of anilines is 2. The first-order valence-electron chi connectivity index (χ1n) is 4.19. The second kappa shape index (κ2) is 4.86. The summed E-state index contributed by atoms with van der Waals surface area (Å²) in [6, 6.07) is 0. The molecular weight excluding hydrogens is 186 g/mol. The number of hydrogen-bond acceptors (Lipinski definition) is 6. The van der Waals surface area contributed by atoms with Gasteiger partial charge in [0.2, 0.25) is 11.9 Å². The van der Waals surface area contributed by atoms with Gasteiger partial charge in [-0.05, 0) is 13.8 Å². The van der Waals surface area contributed by atoms with E-state index in [0.717, 1.165) is 13.1 Å². The smallest absolute Gasteiger partial charge is 0.228 e. The van der Waals surface area contributed by atoms with Crippen molar-refractivity contribution in [3.8, 4) is 0 Å². The highest BCUT2D eigenvalue weighted by molar-refractivity contribution is 7.80. The van der Waals surface area contributed by atoms with Crippen LogP contribution in [0.2, 0.25) is 0 Å². The minimum Gasteiger partial charge on any atom is -0.354 e. The van der Waals surface area contributed by atoms with Gasteiger partial charge in [-0.25, -0.2) is 0 Å². The summed E-state index contributed by atoms with van der Waals surface area (Å²) in [6.07, 6.45) is 0. The van der Waals surface area contributed by atoms with E-state index < -0.39 is 0 Å². The molecule has 0 fully saturated rings. The average Bonchev–Trinajstić information content (AvgIpc) is 2.04. The van der Waals surface area contributed by atoms with Gasteiger partial charge < -0.3 is 10.6 Å². The largest absolute Gasteiger partial charge is 0.354 e. The van der Waals surface area contributed by atoms with E-state index in [2.05, 4.69) is 38.2 Å². The normalized spacial score (nSPS) is 9.77. The Balaban J connectivity index is 2.83. The standard InChI is InChI=1S/C7H13N5S/c1-3-8-5-10-6(9-4-2)12-7(13)11-5/h3-4H2,1-2H3,(H3,8,9,10,11,12,13). The maximum absolute atomic E-state index is 4.12. The molecule has 1 rings (SSSR count). The molecule has 0 atom stereocenters. The molecule has 1 heterocycles. The van der Waals surface area contributed by atoms with Gasteiger partial charge in [0.15, 0.2) is 5.16 Å². The van der Waals surface area contributed by atoms with E-state index in [4.69, 9.17) is 0 Å². The summed E-state index contributed by atoms with van der Waals surface area (Å²) < 4.78 is 0. The number of thiol groups is 1. The van der Waals surface area contributed by atoms with Gasteiger partial charge in [-0.2, -0.15) is 15.0 Å². The van der Waals surface area contributed by atoms with Crippen molar-refractivity contribution in [1.82, 2.24) is 15.0 Å². The Kier molecular flexibility index (Phi) is 3.75. The molecule has 0 aliphatic carbocycles. The van der Waals surface area contributed by atoms with E-state index in [1.807, 2.05) is 13.8 Å². The van der Waals surface area contributed by atoms with Crippen molar-refractivity contribution in [3.05, 3.63) is 0 Å². The predicted octanol–water partition coefficient (Wildman–Crippen LogP) is 1.02. The van der Waals surface area contributed by atoms with Crippen LogP contribution >= 0.6 is 12.6 Å². The van der Waals surface area contributed by atoms with E-state index in [9.17, 15) is 0 Å². The van der Waals surface area contributed by atoms with Crippen LogP contribution in [0.1, 0.15) is 13.8 Å². The van der Waals surface area contributed by atoms with Crippen LogP contribution in [0.3, 0.4) is 0 Å². The molecule has 6 heteroatoms. The lowest BCUT2D eigenvalue weighted by Crippen LogP contribution is -2.08. The zero-order valence-electron chi connectivity index (χ0n) is 7.70. The quantitative estimate of drug-likeness (QED) is 0.632. The molecule has 0 unspecified atom stereocenters. The molecule has 0 saturated heterocycles. The summed E-state index contributed by atoms with van der Waals surface area (Å²) in [5.41, 5.74) is 0. The molecule has 0 spiro atoms. The van der Waals surface area contributed by atoms with Gasteiger partial charge in [0.05, 0.1) is 0 Å². The number of nitrogens with one attached hydrogen (secondary N) is 2. The van der Waals surface area contributed by atoms with Gasteiger partial charge in [-0.15, -0.1) is 12.6 Å². The van der Waals surface area contributed by atoms with E-state index >= 15 is 0 Å². The van der Waals surface area contributed by atoms with E-state index in [1.165, 1.54) is 0 Å². The van der Waals surface area contributed by atoms with Crippen LogP contribution in [0, 0.1) is 0 Å². The van der Waals surface area contributed by atoms with Crippen molar-refractivity contribution in [1.29, 1.82) is 0 Å². The van der Waals surface area contributed by atoms with Crippen molar-refractivity contribution in [3.63, 3.8) is 0 Å². The Morgan fingerprint density at radius 3 is 1.85 bits per heavy atom. The molecule has 0 aromatic carbocycles. The number of rotatable bonds is 4. The summed E-state index contributed by atoms with van der Waals surface area (Å²) in [4.78, 5) is 12.1. The first-order chi connectivity index (χ1) is 6.26. The molecule has 0 bridgehead atoms. The number of nitrogens with zero attached hydrogens (tertiary/aromatic N) is 3. The summed E-state index contributed by atoms with van der Waals surface area (Å²) in [6.45, 7) is 5.52. The highest BCUT2D eigenvalue weighted by Gasteiger charge is 2.01. The fourth-order valence-corrected chi connectivity index (χ4v) is 1.03. The molecule has 2 N–H and O–H groups in total. The molecule has 1 aromatic rings. The maximum Gasteiger partial charge on any atom is 0.228 e. The van der Waals surface area contributed by atoms with Crippen LogP contribution in [0.5, 0.6) is 0 Å². The van der Waals surface area contributed by atoms with Gasteiger partial charge in [0, 0.05) is 13.1 Å². The average molecular weight is 199 g/mol. The molecule has 0 aliphatic rings. The van der Waals surface area contributed by atoms with Gasteiger partial charge >= 0.3 is 0 Å². The van der Waals surface area contributed by atoms with Crippen molar-refractivity contribution >= 4 is 24.5 Å². The minimum atomic E-state index is 0.418. The Hall–Kier alpha value is -1.04. The maximum atomic E-state index is 4.12.